The molecule has 2 amide bonds. The SMILES string of the molecule is COC(=O)[C@@H](Cc1cccc(F)c1)NC(=O)c1ccccc1NC(C)=O. The lowest BCUT2D eigenvalue weighted by molar-refractivity contribution is -0.142. The maximum absolute atomic E-state index is 13.4. The summed E-state index contributed by atoms with van der Waals surface area (Å²) in [5.41, 5.74) is 1.07. The molecule has 2 rings (SSSR count). The molecule has 0 unspecified atom stereocenters. The van der Waals surface area contributed by atoms with E-state index in [4.69, 9.17) is 4.74 Å². The van der Waals surface area contributed by atoms with E-state index in [1.807, 2.05) is 0 Å². The minimum absolute atomic E-state index is 0.0679. The summed E-state index contributed by atoms with van der Waals surface area (Å²) in [5.74, 6) is -1.97. The maximum atomic E-state index is 13.4. The van der Waals surface area contributed by atoms with Crippen LogP contribution in [-0.4, -0.2) is 30.9 Å². The summed E-state index contributed by atoms with van der Waals surface area (Å²) in [6.45, 7) is 1.33. The maximum Gasteiger partial charge on any atom is 0.328 e. The summed E-state index contributed by atoms with van der Waals surface area (Å²) < 4.78 is 18.1. The lowest BCUT2D eigenvalue weighted by atomic mass is 10.0. The minimum atomic E-state index is -1.00. The van der Waals surface area contributed by atoms with Gasteiger partial charge in [0.05, 0.1) is 18.4 Å². The molecule has 0 aliphatic carbocycles. The van der Waals surface area contributed by atoms with Crippen molar-refractivity contribution in [3.05, 3.63) is 65.5 Å². The molecule has 0 aliphatic rings. The first-order valence-corrected chi connectivity index (χ1v) is 7.90. The Hall–Kier alpha value is -3.22. The lowest BCUT2D eigenvalue weighted by Crippen LogP contribution is -2.43. The molecule has 7 heteroatoms. The van der Waals surface area contributed by atoms with E-state index in [1.165, 1.54) is 38.3 Å². The summed E-state index contributed by atoms with van der Waals surface area (Å²) in [4.78, 5) is 35.9. The Bertz CT molecular complexity index is 823. The van der Waals surface area contributed by atoms with E-state index in [-0.39, 0.29) is 17.9 Å². The third-order valence-electron chi connectivity index (χ3n) is 3.60. The molecule has 136 valence electrons. The Morgan fingerprint density at radius 3 is 2.50 bits per heavy atom. The van der Waals surface area contributed by atoms with E-state index >= 15 is 0 Å². The van der Waals surface area contributed by atoms with Gasteiger partial charge in [-0.3, -0.25) is 9.59 Å². The van der Waals surface area contributed by atoms with Crippen molar-refractivity contribution < 1.29 is 23.5 Å². The number of para-hydroxylation sites is 1. The fourth-order valence-corrected chi connectivity index (χ4v) is 2.45. The number of carbonyl (C=O) groups is 3. The molecule has 0 aliphatic heterocycles. The number of amides is 2. The number of esters is 1. The fourth-order valence-electron chi connectivity index (χ4n) is 2.45. The number of methoxy groups -OCH3 is 1. The number of nitrogens with one attached hydrogen (secondary N) is 2. The van der Waals surface area contributed by atoms with Crippen LogP contribution in [0.2, 0.25) is 0 Å². The van der Waals surface area contributed by atoms with E-state index < -0.39 is 23.7 Å². The summed E-state index contributed by atoms with van der Waals surface area (Å²) >= 11 is 0. The van der Waals surface area contributed by atoms with Crippen LogP contribution in [0.1, 0.15) is 22.8 Å². The Morgan fingerprint density at radius 2 is 1.85 bits per heavy atom. The number of halogens is 1. The molecule has 0 saturated heterocycles. The van der Waals surface area contributed by atoms with Crippen LogP contribution in [0.25, 0.3) is 0 Å². The normalized spacial score (nSPS) is 11.3. The molecule has 0 heterocycles. The number of ether oxygens (including phenoxy) is 1. The number of hydrogen-bond donors (Lipinski definition) is 2. The van der Waals surface area contributed by atoms with Gasteiger partial charge in [0.1, 0.15) is 11.9 Å². The molecular weight excluding hydrogens is 339 g/mol. The van der Waals surface area contributed by atoms with Crippen LogP contribution in [-0.2, 0) is 20.7 Å². The highest BCUT2D eigenvalue weighted by atomic mass is 19.1. The van der Waals surface area contributed by atoms with Crippen molar-refractivity contribution in [2.75, 3.05) is 12.4 Å². The zero-order valence-corrected chi connectivity index (χ0v) is 14.4. The van der Waals surface area contributed by atoms with Gasteiger partial charge >= 0.3 is 5.97 Å². The molecule has 0 bridgehead atoms. The molecule has 2 N–H and O–H groups in total. The van der Waals surface area contributed by atoms with Crippen molar-refractivity contribution in [1.29, 1.82) is 0 Å². The number of benzene rings is 2. The van der Waals surface area contributed by atoms with Gasteiger partial charge in [-0.1, -0.05) is 24.3 Å². The van der Waals surface area contributed by atoms with Crippen molar-refractivity contribution in [2.45, 2.75) is 19.4 Å². The van der Waals surface area contributed by atoms with E-state index in [9.17, 15) is 18.8 Å². The molecule has 2 aromatic carbocycles. The second-order valence-electron chi connectivity index (χ2n) is 5.61. The molecule has 26 heavy (non-hydrogen) atoms. The second-order valence-corrected chi connectivity index (χ2v) is 5.61. The summed E-state index contributed by atoms with van der Waals surface area (Å²) in [7, 11) is 1.21. The van der Waals surface area contributed by atoms with Gasteiger partial charge in [0.25, 0.3) is 5.91 Å². The fraction of sp³-hybridized carbons (Fsp3) is 0.211. The van der Waals surface area contributed by atoms with E-state index in [1.54, 1.807) is 24.3 Å². The van der Waals surface area contributed by atoms with Gasteiger partial charge < -0.3 is 15.4 Å². The number of hydrogen-bond acceptors (Lipinski definition) is 4. The molecule has 2 aromatic rings. The molecule has 0 saturated carbocycles. The molecular formula is C19H19FN2O4. The third kappa shape index (κ3) is 5.14. The van der Waals surface area contributed by atoms with Crippen molar-refractivity contribution in [3.63, 3.8) is 0 Å². The highest BCUT2D eigenvalue weighted by Gasteiger charge is 2.24. The standard InChI is InChI=1S/C19H19FN2O4/c1-12(23)21-16-9-4-3-8-15(16)18(24)22-17(19(25)26-2)11-13-6-5-7-14(20)10-13/h3-10,17H,11H2,1-2H3,(H,21,23)(H,22,24)/t17-/m1/s1. The Labute approximate surface area is 150 Å². The highest BCUT2D eigenvalue weighted by molar-refractivity contribution is 6.04. The first-order valence-electron chi connectivity index (χ1n) is 7.90. The third-order valence-corrected chi connectivity index (χ3v) is 3.60. The molecule has 1 atom stereocenters. The predicted octanol–water partition coefficient (Wildman–Crippen LogP) is 2.30. The lowest BCUT2D eigenvalue weighted by Gasteiger charge is -2.18. The largest absolute Gasteiger partial charge is 0.467 e. The van der Waals surface area contributed by atoms with Gasteiger partial charge in [-0.05, 0) is 29.8 Å². The van der Waals surface area contributed by atoms with Gasteiger partial charge in [0.2, 0.25) is 5.91 Å². The second kappa shape index (κ2) is 8.75. The van der Waals surface area contributed by atoms with Crippen molar-refractivity contribution in [2.24, 2.45) is 0 Å². The van der Waals surface area contributed by atoms with Crippen LogP contribution < -0.4 is 10.6 Å². The predicted molar refractivity (Wildman–Crippen MR) is 94.1 cm³/mol. The van der Waals surface area contributed by atoms with E-state index in [0.29, 0.717) is 11.3 Å². The topological polar surface area (TPSA) is 84.5 Å². The summed E-state index contributed by atoms with van der Waals surface area (Å²) in [6, 6.07) is 11.2. The average Bonchev–Trinajstić information content (AvgIpc) is 2.60. The first-order chi connectivity index (χ1) is 12.4. The minimum Gasteiger partial charge on any atom is -0.467 e. The van der Waals surface area contributed by atoms with Gasteiger partial charge in [0.15, 0.2) is 0 Å². The summed E-state index contributed by atoms with van der Waals surface area (Å²) in [5, 5.41) is 5.14. The quantitative estimate of drug-likeness (QED) is 0.776. The molecule has 0 aromatic heterocycles. The van der Waals surface area contributed by atoms with Crippen LogP contribution in [0.3, 0.4) is 0 Å². The van der Waals surface area contributed by atoms with Crippen molar-refractivity contribution in [3.8, 4) is 0 Å². The van der Waals surface area contributed by atoms with Gasteiger partial charge in [-0.2, -0.15) is 0 Å². The van der Waals surface area contributed by atoms with Crippen molar-refractivity contribution in [1.82, 2.24) is 5.32 Å². The van der Waals surface area contributed by atoms with Crippen LogP contribution in [0.15, 0.2) is 48.5 Å². The Morgan fingerprint density at radius 1 is 1.12 bits per heavy atom. The van der Waals surface area contributed by atoms with Gasteiger partial charge in [-0.15, -0.1) is 0 Å². The van der Waals surface area contributed by atoms with Gasteiger partial charge in [-0.25, -0.2) is 9.18 Å². The first kappa shape index (κ1) is 19.1. The number of anilines is 1. The van der Waals surface area contributed by atoms with Crippen LogP contribution in [0, 0.1) is 5.82 Å². The monoisotopic (exact) mass is 358 g/mol. The highest BCUT2D eigenvalue weighted by Crippen LogP contribution is 2.16. The molecule has 6 nitrogen and oxygen atoms in total. The Balaban J connectivity index is 2.22. The number of carbonyl (C=O) groups excluding carboxylic acids is 3. The molecule has 0 spiro atoms. The smallest absolute Gasteiger partial charge is 0.328 e. The van der Waals surface area contributed by atoms with Gasteiger partial charge in [0, 0.05) is 13.3 Å². The van der Waals surface area contributed by atoms with Crippen LogP contribution >= 0.6 is 0 Å². The summed E-state index contributed by atoms with van der Waals surface area (Å²) in [6.07, 6.45) is 0.0679. The number of rotatable bonds is 6. The average molecular weight is 358 g/mol. The Kier molecular flexibility index (Phi) is 6.43. The zero-order chi connectivity index (χ0) is 19.1. The van der Waals surface area contributed by atoms with E-state index in [0.717, 1.165) is 0 Å². The van der Waals surface area contributed by atoms with Crippen molar-refractivity contribution >= 4 is 23.5 Å². The van der Waals surface area contributed by atoms with Crippen LogP contribution in [0.5, 0.6) is 0 Å². The van der Waals surface area contributed by atoms with Crippen LogP contribution in [0.4, 0.5) is 10.1 Å². The van der Waals surface area contributed by atoms with E-state index in [2.05, 4.69) is 10.6 Å². The molecule has 0 radical (unpaired) electrons. The molecule has 0 fully saturated rings. The zero-order valence-electron chi connectivity index (χ0n) is 14.4.